The van der Waals surface area contributed by atoms with E-state index in [-0.39, 0.29) is 34.2 Å². The van der Waals surface area contributed by atoms with Crippen molar-refractivity contribution >= 4 is 50.7 Å². The van der Waals surface area contributed by atoms with Crippen LogP contribution in [0.15, 0.2) is 42.5 Å². The molecule has 0 aliphatic carbocycles. The fourth-order valence-corrected chi connectivity index (χ4v) is 4.54. The monoisotopic (exact) mass is 513 g/mol. The van der Waals surface area contributed by atoms with Crippen LogP contribution in [0.1, 0.15) is 31.9 Å². The molecule has 1 atom stereocenters. The molecule has 0 aliphatic rings. The molecule has 2 rings (SSSR count). The summed E-state index contributed by atoms with van der Waals surface area (Å²) in [6, 6.07) is 11.1. The van der Waals surface area contributed by atoms with Crippen LogP contribution in [0.4, 0.5) is 5.69 Å². The van der Waals surface area contributed by atoms with Crippen molar-refractivity contribution in [2.75, 3.05) is 17.1 Å². The van der Waals surface area contributed by atoms with Crippen molar-refractivity contribution in [3.05, 3.63) is 63.6 Å². The van der Waals surface area contributed by atoms with Gasteiger partial charge < -0.3 is 10.2 Å². The average Bonchev–Trinajstić information content (AvgIpc) is 2.71. The lowest BCUT2D eigenvalue weighted by Crippen LogP contribution is -2.52. The third-order valence-corrected chi connectivity index (χ3v) is 7.01. The van der Waals surface area contributed by atoms with E-state index in [0.29, 0.717) is 0 Å². The van der Waals surface area contributed by atoms with Gasteiger partial charge in [0.25, 0.3) is 0 Å². The lowest BCUT2D eigenvalue weighted by Gasteiger charge is -2.32. The Morgan fingerprint density at radius 3 is 2.24 bits per heavy atom. The Kier molecular flexibility index (Phi) is 9.17. The number of nitrogens with one attached hydrogen (secondary N) is 1. The van der Waals surface area contributed by atoms with E-state index >= 15 is 0 Å². The van der Waals surface area contributed by atoms with Crippen molar-refractivity contribution in [3.8, 4) is 0 Å². The zero-order valence-electron chi connectivity index (χ0n) is 19.3. The molecule has 0 bridgehead atoms. The van der Waals surface area contributed by atoms with Crippen molar-refractivity contribution in [2.24, 2.45) is 0 Å². The molecule has 10 heteroatoms. The van der Waals surface area contributed by atoms with E-state index < -0.39 is 28.5 Å². The van der Waals surface area contributed by atoms with Gasteiger partial charge >= 0.3 is 0 Å². The van der Waals surface area contributed by atoms with Crippen molar-refractivity contribution in [3.63, 3.8) is 0 Å². The van der Waals surface area contributed by atoms with Gasteiger partial charge in [-0.15, -0.1) is 0 Å². The summed E-state index contributed by atoms with van der Waals surface area (Å²) in [5.41, 5.74) is 1.89. The second-order valence-corrected chi connectivity index (χ2v) is 10.8. The number of rotatable bonds is 9. The van der Waals surface area contributed by atoms with Gasteiger partial charge in [0.15, 0.2) is 0 Å². The second-order valence-electron chi connectivity index (χ2n) is 8.13. The molecule has 0 saturated heterocycles. The van der Waals surface area contributed by atoms with Crippen molar-refractivity contribution in [1.82, 2.24) is 10.2 Å². The normalized spacial score (nSPS) is 12.4. The number of carbonyl (C=O) groups excluding carboxylic acids is 2. The van der Waals surface area contributed by atoms with Crippen LogP contribution in [0.5, 0.6) is 0 Å². The van der Waals surface area contributed by atoms with Crippen LogP contribution in [0.25, 0.3) is 0 Å². The first-order valence-corrected chi connectivity index (χ1v) is 13.0. The smallest absolute Gasteiger partial charge is 0.244 e. The molecule has 0 aromatic heterocycles. The molecule has 2 amide bonds. The number of nitrogens with zero attached hydrogens (tertiary/aromatic N) is 2. The molecule has 1 unspecified atom stereocenters. The van der Waals surface area contributed by atoms with Crippen molar-refractivity contribution in [1.29, 1.82) is 0 Å². The fourth-order valence-electron chi connectivity index (χ4n) is 3.24. The molecule has 1 N–H and O–H groups in total. The summed E-state index contributed by atoms with van der Waals surface area (Å²) in [4.78, 5) is 27.6. The van der Waals surface area contributed by atoms with E-state index in [9.17, 15) is 18.0 Å². The second kappa shape index (κ2) is 11.2. The summed E-state index contributed by atoms with van der Waals surface area (Å²) in [7, 11) is -3.89. The summed E-state index contributed by atoms with van der Waals surface area (Å²) >= 11 is 12.3. The number of benzene rings is 2. The van der Waals surface area contributed by atoms with Gasteiger partial charge in [0.1, 0.15) is 12.6 Å². The third-order valence-electron chi connectivity index (χ3n) is 5.08. The molecule has 7 nitrogen and oxygen atoms in total. The Morgan fingerprint density at radius 1 is 1.03 bits per heavy atom. The summed E-state index contributed by atoms with van der Waals surface area (Å²) in [6.07, 6.45) is 0.984. The summed E-state index contributed by atoms with van der Waals surface area (Å²) in [5, 5.41) is 2.99. The van der Waals surface area contributed by atoms with Gasteiger partial charge in [-0.25, -0.2) is 8.42 Å². The summed E-state index contributed by atoms with van der Waals surface area (Å²) in [5.74, 6) is -0.884. The molecule has 180 valence electrons. The van der Waals surface area contributed by atoms with Crippen LogP contribution in [-0.2, 0) is 26.2 Å². The zero-order valence-corrected chi connectivity index (χ0v) is 21.6. The van der Waals surface area contributed by atoms with Crippen LogP contribution in [0, 0.1) is 6.92 Å². The summed E-state index contributed by atoms with van der Waals surface area (Å²) < 4.78 is 26.1. The van der Waals surface area contributed by atoms with Crippen LogP contribution < -0.4 is 9.62 Å². The lowest BCUT2D eigenvalue weighted by molar-refractivity contribution is -0.139. The molecule has 33 heavy (non-hydrogen) atoms. The van der Waals surface area contributed by atoms with E-state index in [4.69, 9.17) is 23.2 Å². The molecule has 0 heterocycles. The van der Waals surface area contributed by atoms with Gasteiger partial charge in [0.05, 0.1) is 22.0 Å². The highest BCUT2D eigenvalue weighted by molar-refractivity contribution is 7.92. The Hall–Kier alpha value is -2.29. The first-order chi connectivity index (χ1) is 15.3. The highest BCUT2D eigenvalue weighted by Crippen LogP contribution is 2.33. The molecule has 0 aliphatic heterocycles. The van der Waals surface area contributed by atoms with Crippen molar-refractivity contribution < 1.29 is 18.0 Å². The third kappa shape index (κ3) is 7.09. The van der Waals surface area contributed by atoms with Gasteiger partial charge in [0, 0.05) is 12.6 Å². The highest BCUT2D eigenvalue weighted by Gasteiger charge is 2.31. The minimum Gasteiger partial charge on any atom is -0.352 e. The maximum absolute atomic E-state index is 13.5. The number of aryl methyl sites for hydroxylation is 1. The topological polar surface area (TPSA) is 86.8 Å². The van der Waals surface area contributed by atoms with Gasteiger partial charge in [-0.2, -0.15) is 0 Å². The van der Waals surface area contributed by atoms with Crippen molar-refractivity contribution in [2.45, 2.75) is 46.3 Å². The van der Waals surface area contributed by atoms with Crippen LogP contribution in [-0.4, -0.2) is 50.0 Å². The largest absolute Gasteiger partial charge is 0.352 e. The quantitative estimate of drug-likeness (QED) is 0.548. The van der Waals surface area contributed by atoms with Crippen LogP contribution in [0.3, 0.4) is 0 Å². The molecule has 0 radical (unpaired) electrons. The van der Waals surface area contributed by atoms with E-state index in [1.54, 1.807) is 13.0 Å². The number of sulfonamides is 1. The molecule has 0 saturated carbocycles. The summed E-state index contributed by atoms with van der Waals surface area (Å²) in [6.45, 7) is 6.77. The lowest BCUT2D eigenvalue weighted by atomic mass is 10.1. The van der Waals surface area contributed by atoms with Gasteiger partial charge in [-0.3, -0.25) is 13.9 Å². The van der Waals surface area contributed by atoms with E-state index in [2.05, 4.69) is 5.32 Å². The zero-order chi connectivity index (χ0) is 24.9. The number of anilines is 1. The van der Waals surface area contributed by atoms with Gasteiger partial charge in [-0.1, -0.05) is 53.5 Å². The number of hydrogen-bond donors (Lipinski definition) is 1. The SMILES string of the molecule is Cc1ccccc1CN(C(=O)CN(c1cccc(Cl)c1Cl)S(C)(=O)=O)C(C)C(=O)NC(C)C. The first kappa shape index (κ1) is 27.0. The van der Waals surface area contributed by atoms with Gasteiger partial charge in [-0.05, 0) is 51.0 Å². The predicted octanol–water partition coefficient (Wildman–Crippen LogP) is 4.01. The average molecular weight is 514 g/mol. The molecular weight excluding hydrogens is 485 g/mol. The Morgan fingerprint density at radius 2 is 1.67 bits per heavy atom. The fraction of sp³-hybridized carbons (Fsp3) is 0.391. The predicted molar refractivity (Wildman–Crippen MR) is 133 cm³/mol. The maximum Gasteiger partial charge on any atom is 0.244 e. The Balaban J connectivity index is 2.45. The number of hydrogen-bond acceptors (Lipinski definition) is 4. The molecular formula is C23H29Cl2N3O4S. The molecule has 2 aromatic carbocycles. The van der Waals surface area contributed by atoms with E-state index in [0.717, 1.165) is 21.7 Å². The number of amides is 2. The standard InChI is InChI=1S/C23H29Cl2N3O4S/c1-15(2)26-23(30)17(4)27(13-18-10-7-6-9-16(18)3)21(29)14-28(33(5,31)32)20-12-8-11-19(24)22(20)25/h6-12,15,17H,13-14H2,1-5H3,(H,26,30). The molecule has 0 fully saturated rings. The highest BCUT2D eigenvalue weighted by atomic mass is 35.5. The molecule has 0 spiro atoms. The Labute approximate surface area is 205 Å². The van der Waals surface area contributed by atoms with Gasteiger partial charge in [0.2, 0.25) is 21.8 Å². The van der Waals surface area contributed by atoms with E-state index in [1.807, 2.05) is 45.0 Å². The minimum atomic E-state index is -3.89. The van der Waals surface area contributed by atoms with E-state index in [1.165, 1.54) is 17.0 Å². The Bertz CT molecular complexity index is 1120. The number of carbonyl (C=O) groups is 2. The first-order valence-electron chi connectivity index (χ1n) is 10.4. The maximum atomic E-state index is 13.5. The van der Waals surface area contributed by atoms with Crippen LogP contribution >= 0.6 is 23.2 Å². The minimum absolute atomic E-state index is 0.0217. The molecule has 2 aromatic rings. The van der Waals surface area contributed by atoms with Crippen LogP contribution in [0.2, 0.25) is 10.0 Å². The number of halogens is 2.